The van der Waals surface area contributed by atoms with Crippen molar-refractivity contribution in [2.24, 2.45) is 17.3 Å². The summed E-state index contributed by atoms with van der Waals surface area (Å²) in [5.41, 5.74) is 0.435. The van der Waals surface area contributed by atoms with Crippen LogP contribution in [0.15, 0.2) is 0 Å². The van der Waals surface area contributed by atoms with Crippen LogP contribution in [0.25, 0.3) is 0 Å². The highest BCUT2D eigenvalue weighted by molar-refractivity contribution is 14.6. The van der Waals surface area contributed by atoms with E-state index in [-0.39, 0.29) is 0 Å². The molecule has 0 N–H and O–H groups in total. The van der Waals surface area contributed by atoms with Crippen molar-refractivity contribution >= 4 is 82.7 Å². The van der Waals surface area contributed by atoms with E-state index in [0.717, 1.165) is 17.1 Å². The van der Waals surface area contributed by atoms with Crippen LogP contribution >= 0.6 is 82.7 Å². The van der Waals surface area contributed by atoms with Crippen LogP contribution in [0.4, 0.5) is 0 Å². The smallest absolute Gasteiger partial charge is 0.00484 e. The second kappa shape index (κ2) is 6.36. The van der Waals surface area contributed by atoms with Gasteiger partial charge >= 0.3 is 0 Å². The van der Waals surface area contributed by atoms with Gasteiger partial charge in [0.2, 0.25) is 0 Å². The fourth-order valence-corrected chi connectivity index (χ4v) is 8.78. The Bertz CT molecular complexity index is 235. The zero-order chi connectivity index (χ0) is 13.4. The molecule has 5 heteroatoms. The van der Waals surface area contributed by atoms with Gasteiger partial charge in [-0.3, -0.25) is 0 Å². The second-order valence-corrected chi connectivity index (χ2v) is 65.1. The number of thiol groups is 1. The maximum Gasteiger partial charge on any atom is 0.00484 e. The topological polar surface area (TPSA) is 0 Å². The summed E-state index contributed by atoms with van der Waals surface area (Å²) < 4.78 is -1.58. The Hall–Kier alpha value is 3.27. The van der Waals surface area contributed by atoms with Gasteiger partial charge < -0.3 is 0 Å². The van der Waals surface area contributed by atoms with Gasteiger partial charge in [0, 0.05) is 5.25 Å². The third-order valence-electron chi connectivity index (χ3n) is 4.40. The highest BCUT2D eigenvalue weighted by Crippen LogP contribution is 2.99. The van der Waals surface area contributed by atoms with E-state index in [4.69, 9.17) is 0 Å². The van der Waals surface area contributed by atoms with E-state index in [1.54, 1.807) is 0 Å². The Morgan fingerprint density at radius 2 is 1.38 bits per heavy atom. The van der Waals surface area contributed by atoms with Gasteiger partial charge in [-0.2, -0.15) is 0 Å². The van der Waals surface area contributed by atoms with Crippen molar-refractivity contribution in [3.8, 4) is 0 Å². The van der Waals surface area contributed by atoms with Gasteiger partial charge in [-0.25, -0.2) is 0 Å². The molecule has 0 radical (unpaired) electrons. The SMILES string of the molecule is CCC(C)C(C)(C)[C@H](C)C(C)[SH](I)(I)(I)I. The summed E-state index contributed by atoms with van der Waals surface area (Å²) in [5, 5.41) is 0.789. The summed E-state index contributed by atoms with van der Waals surface area (Å²) in [4.78, 5) is 0. The normalized spacial score (nSPS) is 22.0. The molecule has 0 saturated carbocycles. The Morgan fingerprint density at radius 3 is 1.62 bits per heavy atom. The lowest BCUT2D eigenvalue weighted by atomic mass is 9.69. The average molecular weight is 696 g/mol. The molecule has 0 aromatic rings. The van der Waals surface area contributed by atoms with Crippen molar-refractivity contribution in [2.75, 3.05) is 0 Å². The number of hydrogen-bond acceptors (Lipinski definition) is 0. The Labute approximate surface area is 150 Å². The molecule has 0 amide bonds. The highest BCUT2D eigenvalue weighted by Gasteiger charge is 2.44. The molecule has 0 rings (SSSR count). The molecule has 0 aliphatic carbocycles. The minimum absolute atomic E-state index is 0.435. The molecule has 0 aliphatic heterocycles. The van der Waals surface area contributed by atoms with Crippen molar-refractivity contribution in [3.63, 3.8) is 0 Å². The maximum absolute atomic E-state index is 2.72. The van der Waals surface area contributed by atoms with Crippen LogP contribution in [-0.2, 0) is 0 Å². The van der Waals surface area contributed by atoms with Crippen LogP contribution in [0, 0.1) is 17.3 Å². The fourth-order valence-electron chi connectivity index (χ4n) is 1.93. The largest absolute Gasteiger partial charge is 0.114 e. The standard InChI is InChI=1S/C11H24I4S/c1-7-8(2)11(5,6)9(3)10(4)16(12,13,14)15/h8-10,16H,7H2,1-6H3/t8?,9-,10?/m1/s1. The van der Waals surface area contributed by atoms with E-state index in [1.165, 1.54) is 6.42 Å². The van der Waals surface area contributed by atoms with E-state index >= 15 is 0 Å². The Balaban J connectivity index is 5.01. The first-order valence-corrected chi connectivity index (χ1v) is 19.1. The van der Waals surface area contributed by atoms with E-state index in [2.05, 4.69) is 126 Å². The van der Waals surface area contributed by atoms with Crippen molar-refractivity contribution in [3.05, 3.63) is 0 Å². The molecular weight excluding hydrogens is 672 g/mol. The molecule has 102 valence electrons. The van der Waals surface area contributed by atoms with Crippen LogP contribution in [0.3, 0.4) is 0 Å². The second-order valence-electron chi connectivity index (χ2n) is 5.43. The van der Waals surface area contributed by atoms with Crippen molar-refractivity contribution in [1.82, 2.24) is 0 Å². The van der Waals surface area contributed by atoms with E-state index in [1.807, 2.05) is 0 Å². The number of hydrogen-bond donors (Lipinski definition) is 1. The van der Waals surface area contributed by atoms with Crippen molar-refractivity contribution < 1.29 is 0 Å². The van der Waals surface area contributed by atoms with Gasteiger partial charge in [-0.15, -0.1) is -2.15 Å². The van der Waals surface area contributed by atoms with Gasteiger partial charge in [0.25, 0.3) is 0 Å². The molecule has 0 bridgehead atoms. The first-order valence-electron chi connectivity index (χ1n) is 5.69. The van der Waals surface area contributed by atoms with E-state index < -0.39 is -2.15 Å². The van der Waals surface area contributed by atoms with Crippen LogP contribution in [0.1, 0.15) is 48.0 Å². The van der Waals surface area contributed by atoms with E-state index in [9.17, 15) is 0 Å². The first kappa shape index (κ1) is 19.3. The third kappa shape index (κ3) is 5.34. The lowest BCUT2D eigenvalue weighted by molar-refractivity contribution is 0.135. The van der Waals surface area contributed by atoms with Crippen molar-refractivity contribution in [1.29, 1.82) is 0 Å². The molecule has 0 saturated heterocycles. The molecule has 0 nitrogen and oxygen atoms in total. The molecule has 0 aromatic carbocycles. The quantitative estimate of drug-likeness (QED) is 0.223. The molecule has 16 heavy (non-hydrogen) atoms. The van der Waals surface area contributed by atoms with Gasteiger partial charge in [-0.05, 0) is 102 Å². The molecule has 0 aliphatic rings. The summed E-state index contributed by atoms with van der Waals surface area (Å²) in [6.45, 7) is 14.5. The number of rotatable bonds is 5. The summed E-state index contributed by atoms with van der Waals surface area (Å²) >= 11 is 10.9. The summed E-state index contributed by atoms with van der Waals surface area (Å²) in [6, 6.07) is 0. The molecule has 0 spiro atoms. The number of halogens is 4. The molecule has 0 fully saturated rings. The van der Waals surface area contributed by atoms with Gasteiger partial charge in [0.1, 0.15) is 0 Å². The molecule has 2 unspecified atom stereocenters. The maximum atomic E-state index is 2.72. The molecule has 0 heterocycles. The average Bonchev–Trinajstić information content (AvgIpc) is 2.11. The summed E-state index contributed by atoms with van der Waals surface area (Å²) in [5.74, 6) is 1.56. The monoisotopic (exact) mass is 696 g/mol. The van der Waals surface area contributed by atoms with Crippen LogP contribution in [0.2, 0.25) is 0 Å². The highest BCUT2D eigenvalue weighted by atomic mass is 127. The van der Waals surface area contributed by atoms with Crippen LogP contribution in [0.5, 0.6) is 0 Å². The van der Waals surface area contributed by atoms with Gasteiger partial charge in [0.05, 0.1) is 0 Å². The predicted molar refractivity (Wildman–Crippen MR) is 117 cm³/mol. The minimum Gasteiger partial charge on any atom is -0.114 e. The van der Waals surface area contributed by atoms with Crippen LogP contribution in [-0.4, -0.2) is 5.25 Å². The zero-order valence-corrected chi connectivity index (χ0v) is 20.4. The van der Waals surface area contributed by atoms with Gasteiger partial charge in [0.15, 0.2) is 0 Å². The first-order chi connectivity index (χ1) is 6.81. The van der Waals surface area contributed by atoms with Crippen molar-refractivity contribution in [2.45, 2.75) is 53.2 Å². The summed E-state index contributed by atoms with van der Waals surface area (Å²) in [6.07, 6.45) is 1.28. The molecule has 0 aromatic heterocycles. The minimum atomic E-state index is -1.58. The third-order valence-corrected chi connectivity index (χ3v) is 16.6. The predicted octanol–water partition coefficient (Wildman–Crippen LogP) is 7.56. The fraction of sp³-hybridized carbons (Fsp3) is 1.00. The molecular formula is C11H24I4S. The zero-order valence-electron chi connectivity index (χ0n) is 10.9. The lowest BCUT2D eigenvalue weighted by Crippen LogP contribution is -2.36. The van der Waals surface area contributed by atoms with Gasteiger partial charge in [-0.1, -0.05) is 48.0 Å². The molecule has 3 atom stereocenters. The van der Waals surface area contributed by atoms with Crippen LogP contribution < -0.4 is 0 Å². The Morgan fingerprint density at radius 1 is 1.00 bits per heavy atom. The lowest BCUT2D eigenvalue weighted by Gasteiger charge is -2.52. The van der Waals surface area contributed by atoms with E-state index in [0.29, 0.717) is 5.41 Å². The summed E-state index contributed by atoms with van der Waals surface area (Å²) in [7, 11) is 0. The Kier molecular flexibility index (Phi) is 7.66.